The van der Waals surface area contributed by atoms with Crippen molar-refractivity contribution in [1.82, 2.24) is 4.90 Å². The Morgan fingerprint density at radius 1 is 1.47 bits per heavy atom. The number of rotatable bonds is 5. The van der Waals surface area contributed by atoms with Crippen LogP contribution in [-0.2, 0) is 14.3 Å². The van der Waals surface area contributed by atoms with Gasteiger partial charge in [-0.25, -0.2) is 0 Å². The lowest BCUT2D eigenvalue weighted by atomic mass is 10.1. The average molecular weight is 237 g/mol. The van der Waals surface area contributed by atoms with Crippen LogP contribution in [-0.4, -0.2) is 37.0 Å². The van der Waals surface area contributed by atoms with Crippen LogP contribution in [0.2, 0.25) is 0 Å². The molecule has 0 saturated carbocycles. The molecule has 0 bridgehead atoms. The molecule has 1 atom stereocenters. The highest BCUT2D eigenvalue weighted by molar-refractivity contribution is 5.79. The van der Waals surface area contributed by atoms with E-state index in [9.17, 15) is 9.59 Å². The summed E-state index contributed by atoms with van der Waals surface area (Å²) in [5, 5.41) is 0. The number of terminal acetylenes is 1. The van der Waals surface area contributed by atoms with Gasteiger partial charge in [-0.1, -0.05) is 0 Å². The summed E-state index contributed by atoms with van der Waals surface area (Å²) in [4.78, 5) is 24.8. The van der Waals surface area contributed by atoms with Gasteiger partial charge in [-0.2, -0.15) is 0 Å². The fraction of sp³-hybridized carbons (Fsp3) is 0.692. The Balaban J connectivity index is 2.26. The summed E-state index contributed by atoms with van der Waals surface area (Å²) < 4.78 is 4.68. The number of carbonyl (C=O) groups is 2. The third-order valence-corrected chi connectivity index (χ3v) is 3.04. The second-order valence-electron chi connectivity index (χ2n) is 4.26. The maximum atomic E-state index is 11.8. The summed E-state index contributed by atoms with van der Waals surface area (Å²) in [6.45, 7) is 1.16. The van der Waals surface area contributed by atoms with E-state index in [1.807, 2.05) is 0 Å². The topological polar surface area (TPSA) is 46.6 Å². The van der Waals surface area contributed by atoms with Crippen LogP contribution in [0.4, 0.5) is 0 Å². The highest BCUT2D eigenvalue weighted by Crippen LogP contribution is 2.18. The maximum absolute atomic E-state index is 11.8. The minimum Gasteiger partial charge on any atom is -0.469 e. The van der Waals surface area contributed by atoms with Crippen LogP contribution in [0.25, 0.3) is 0 Å². The number of amides is 1. The van der Waals surface area contributed by atoms with E-state index in [0.717, 1.165) is 19.3 Å². The quantitative estimate of drug-likeness (QED) is 0.410. The number of unbranched alkanes of at least 4 members (excludes halogenated alkanes) is 2. The molecule has 0 aromatic carbocycles. The van der Waals surface area contributed by atoms with Crippen LogP contribution in [0.3, 0.4) is 0 Å². The number of nitrogens with zero attached hydrogens (tertiary/aromatic N) is 1. The molecule has 1 rings (SSSR count). The van der Waals surface area contributed by atoms with Gasteiger partial charge in [0.1, 0.15) is 0 Å². The van der Waals surface area contributed by atoms with Gasteiger partial charge >= 0.3 is 5.97 Å². The number of esters is 1. The Labute approximate surface area is 102 Å². The third kappa shape index (κ3) is 4.10. The summed E-state index contributed by atoms with van der Waals surface area (Å²) in [5.41, 5.74) is 0. The van der Waals surface area contributed by atoms with E-state index in [0.29, 0.717) is 25.9 Å². The Kier molecular flexibility index (Phi) is 5.55. The number of methoxy groups -OCH3 is 1. The van der Waals surface area contributed by atoms with Crippen LogP contribution >= 0.6 is 0 Å². The van der Waals surface area contributed by atoms with Crippen molar-refractivity contribution >= 4 is 11.9 Å². The van der Waals surface area contributed by atoms with E-state index in [2.05, 4.69) is 10.7 Å². The summed E-state index contributed by atoms with van der Waals surface area (Å²) >= 11 is 0. The van der Waals surface area contributed by atoms with Crippen molar-refractivity contribution in [2.45, 2.75) is 32.1 Å². The second-order valence-corrected chi connectivity index (χ2v) is 4.26. The first-order valence-electron chi connectivity index (χ1n) is 5.98. The average Bonchev–Trinajstić information content (AvgIpc) is 2.83. The predicted octanol–water partition coefficient (Wildman–Crippen LogP) is 1.20. The molecule has 1 saturated heterocycles. The summed E-state index contributed by atoms with van der Waals surface area (Å²) in [6.07, 6.45) is 8.80. The van der Waals surface area contributed by atoms with Gasteiger partial charge < -0.3 is 9.64 Å². The fourth-order valence-corrected chi connectivity index (χ4v) is 2.01. The lowest BCUT2D eigenvalue weighted by Crippen LogP contribution is -2.29. The van der Waals surface area contributed by atoms with Gasteiger partial charge in [0.15, 0.2) is 0 Å². The Morgan fingerprint density at radius 3 is 2.88 bits per heavy atom. The Hall–Kier alpha value is -1.50. The van der Waals surface area contributed by atoms with Crippen molar-refractivity contribution in [2.24, 2.45) is 5.92 Å². The van der Waals surface area contributed by atoms with Crippen molar-refractivity contribution in [1.29, 1.82) is 0 Å². The lowest BCUT2D eigenvalue weighted by Gasteiger charge is -2.15. The SMILES string of the molecule is C#CCCCCC(=O)N1CCC(C(=O)OC)C1. The van der Waals surface area contributed by atoms with Crippen molar-refractivity contribution in [2.75, 3.05) is 20.2 Å². The molecule has 1 heterocycles. The molecule has 0 spiro atoms. The van der Waals surface area contributed by atoms with Gasteiger partial charge in [0.05, 0.1) is 13.0 Å². The molecule has 1 amide bonds. The normalized spacial score (nSPS) is 18.8. The van der Waals surface area contributed by atoms with Crippen molar-refractivity contribution in [3.05, 3.63) is 0 Å². The summed E-state index contributed by atoms with van der Waals surface area (Å²) in [7, 11) is 1.38. The predicted molar refractivity (Wildman–Crippen MR) is 64.0 cm³/mol. The summed E-state index contributed by atoms with van der Waals surface area (Å²) in [5.74, 6) is 2.31. The standard InChI is InChI=1S/C13H19NO3/c1-3-4-5-6-7-12(15)14-9-8-11(10-14)13(16)17-2/h1,11H,4-10H2,2H3. The zero-order valence-electron chi connectivity index (χ0n) is 10.3. The molecule has 4 heteroatoms. The smallest absolute Gasteiger partial charge is 0.310 e. The summed E-state index contributed by atoms with van der Waals surface area (Å²) in [6, 6.07) is 0. The first-order valence-corrected chi connectivity index (χ1v) is 5.98. The van der Waals surface area contributed by atoms with Gasteiger partial charge in [0.2, 0.25) is 5.91 Å². The van der Waals surface area contributed by atoms with E-state index in [1.54, 1.807) is 4.90 Å². The van der Waals surface area contributed by atoms with Gasteiger partial charge in [0, 0.05) is 25.9 Å². The Bertz CT molecular complexity index is 319. The zero-order chi connectivity index (χ0) is 12.7. The number of hydrogen-bond donors (Lipinski definition) is 0. The van der Waals surface area contributed by atoms with Crippen LogP contribution in [0.5, 0.6) is 0 Å². The fourth-order valence-electron chi connectivity index (χ4n) is 2.01. The molecule has 4 nitrogen and oxygen atoms in total. The van der Waals surface area contributed by atoms with Gasteiger partial charge in [-0.3, -0.25) is 9.59 Å². The first kappa shape index (κ1) is 13.6. The number of likely N-dealkylation sites (tertiary alicyclic amines) is 1. The van der Waals surface area contributed by atoms with E-state index < -0.39 is 0 Å². The van der Waals surface area contributed by atoms with E-state index in [-0.39, 0.29) is 17.8 Å². The first-order chi connectivity index (χ1) is 8.19. The molecule has 0 aromatic rings. The maximum Gasteiger partial charge on any atom is 0.310 e. The van der Waals surface area contributed by atoms with E-state index in [1.165, 1.54) is 7.11 Å². The minimum absolute atomic E-state index is 0.119. The number of ether oxygens (including phenoxy) is 1. The number of carbonyl (C=O) groups excluding carboxylic acids is 2. The molecule has 1 aliphatic rings. The van der Waals surface area contributed by atoms with Crippen LogP contribution in [0.15, 0.2) is 0 Å². The van der Waals surface area contributed by atoms with E-state index in [4.69, 9.17) is 6.42 Å². The lowest BCUT2D eigenvalue weighted by molar-refractivity contribution is -0.145. The van der Waals surface area contributed by atoms with Crippen molar-refractivity contribution < 1.29 is 14.3 Å². The molecule has 1 unspecified atom stereocenters. The number of hydrogen-bond acceptors (Lipinski definition) is 3. The third-order valence-electron chi connectivity index (χ3n) is 3.04. The molecule has 0 aliphatic carbocycles. The molecule has 17 heavy (non-hydrogen) atoms. The molecule has 94 valence electrons. The van der Waals surface area contributed by atoms with Gasteiger partial charge in [-0.05, 0) is 19.3 Å². The Morgan fingerprint density at radius 2 is 2.24 bits per heavy atom. The van der Waals surface area contributed by atoms with Crippen LogP contribution in [0.1, 0.15) is 32.1 Å². The molecule has 1 fully saturated rings. The van der Waals surface area contributed by atoms with Crippen molar-refractivity contribution in [3.8, 4) is 12.3 Å². The minimum atomic E-state index is -0.215. The van der Waals surface area contributed by atoms with Crippen LogP contribution in [0, 0.1) is 18.3 Å². The van der Waals surface area contributed by atoms with Crippen LogP contribution < -0.4 is 0 Å². The molecule has 0 radical (unpaired) electrons. The molecule has 0 N–H and O–H groups in total. The monoisotopic (exact) mass is 237 g/mol. The molecular weight excluding hydrogens is 218 g/mol. The highest BCUT2D eigenvalue weighted by Gasteiger charge is 2.31. The van der Waals surface area contributed by atoms with Gasteiger partial charge in [0.25, 0.3) is 0 Å². The molecule has 0 aromatic heterocycles. The zero-order valence-corrected chi connectivity index (χ0v) is 10.3. The van der Waals surface area contributed by atoms with Gasteiger partial charge in [-0.15, -0.1) is 12.3 Å². The highest BCUT2D eigenvalue weighted by atomic mass is 16.5. The van der Waals surface area contributed by atoms with Crippen molar-refractivity contribution in [3.63, 3.8) is 0 Å². The molecule has 1 aliphatic heterocycles. The second kappa shape index (κ2) is 6.95. The largest absolute Gasteiger partial charge is 0.469 e. The molecular formula is C13H19NO3. The van der Waals surface area contributed by atoms with E-state index >= 15 is 0 Å².